The average Bonchev–Trinajstić information content (AvgIpc) is 3.13. The summed E-state index contributed by atoms with van der Waals surface area (Å²) in [5.41, 5.74) is 1.96. The largest absolute Gasteiger partial charge is 0.507 e. The lowest BCUT2D eigenvalue weighted by molar-refractivity contribution is -0.140. The quantitative estimate of drug-likeness (QED) is 0.304. The molecule has 0 aliphatic carbocycles. The maximum Gasteiger partial charge on any atom is 0.295 e. The van der Waals surface area contributed by atoms with Crippen molar-refractivity contribution in [1.29, 1.82) is 0 Å². The Labute approximate surface area is 198 Å². The first-order chi connectivity index (χ1) is 16.5. The number of ether oxygens (including phenoxy) is 2. The van der Waals surface area contributed by atoms with Crippen molar-refractivity contribution in [2.24, 2.45) is 0 Å². The summed E-state index contributed by atoms with van der Waals surface area (Å²) in [5.74, 6) is -0.356. The Balaban J connectivity index is 1.77. The first kappa shape index (κ1) is 23.0. The number of carbonyl (C=O) groups is 2. The van der Waals surface area contributed by atoms with Gasteiger partial charge in [0.25, 0.3) is 11.7 Å². The van der Waals surface area contributed by atoms with E-state index in [9.17, 15) is 14.7 Å². The summed E-state index contributed by atoms with van der Waals surface area (Å²) in [6.45, 7) is 2.73. The predicted molar refractivity (Wildman–Crippen MR) is 127 cm³/mol. The number of carbonyl (C=O) groups excluding carboxylic acids is 2. The number of methoxy groups -OCH3 is 1. The second-order valence-corrected chi connectivity index (χ2v) is 7.93. The van der Waals surface area contributed by atoms with Crippen molar-refractivity contribution >= 4 is 17.4 Å². The van der Waals surface area contributed by atoms with Crippen LogP contribution >= 0.6 is 0 Å². The van der Waals surface area contributed by atoms with Crippen LogP contribution in [-0.2, 0) is 16.1 Å². The molecular weight excluding hydrogens is 432 g/mol. The van der Waals surface area contributed by atoms with Gasteiger partial charge in [0.1, 0.15) is 17.3 Å². The monoisotopic (exact) mass is 458 g/mol. The Bertz CT molecular complexity index is 1210. The van der Waals surface area contributed by atoms with E-state index in [0.717, 1.165) is 12.0 Å². The van der Waals surface area contributed by atoms with Crippen molar-refractivity contribution in [3.05, 3.63) is 95.3 Å². The normalized spacial score (nSPS) is 17.1. The number of aliphatic hydroxyl groups excluding tert-OH is 1. The highest BCUT2D eigenvalue weighted by Crippen LogP contribution is 2.40. The van der Waals surface area contributed by atoms with Crippen LogP contribution in [0.5, 0.6) is 11.5 Å². The van der Waals surface area contributed by atoms with Gasteiger partial charge in [-0.1, -0.05) is 31.2 Å². The molecule has 1 aliphatic heterocycles. The molecule has 0 bridgehead atoms. The van der Waals surface area contributed by atoms with Crippen LogP contribution in [0.25, 0.3) is 5.76 Å². The van der Waals surface area contributed by atoms with Crippen LogP contribution in [0.15, 0.2) is 78.6 Å². The lowest BCUT2D eigenvalue weighted by atomic mass is 9.95. The lowest BCUT2D eigenvalue weighted by Crippen LogP contribution is -2.29. The van der Waals surface area contributed by atoms with E-state index in [-0.39, 0.29) is 17.9 Å². The molecule has 1 aromatic heterocycles. The van der Waals surface area contributed by atoms with E-state index < -0.39 is 17.7 Å². The number of ketones is 1. The van der Waals surface area contributed by atoms with Crippen LogP contribution in [0.1, 0.15) is 36.1 Å². The highest BCUT2D eigenvalue weighted by molar-refractivity contribution is 6.46. The summed E-state index contributed by atoms with van der Waals surface area (Å²) in [5, 5.41) is 11.2. The van der Waals surface area contributed by atoms with Crippen molar-refractivity contribution in [2.75, 3.05) is 13.7 Å². The molecule has 1 N–H and O–H groups in total. The van der Waals surface area contributed by atoms with Gasteiger partial charge in [-0.15, -0.1) is 0 Å². The van der Waals surface area contributed by atoms with Crippen LogP contribution in [-0.4, -0.2) is 40.4 Å². The summed E-state index contributed by atoms with van der Waals surface area (Å²) in [4.78, 5) is 31.9. The van der Waals surface area contributed by atoms with Gasteiger partial charge in [0.05, 0.1) is 25.3 Å². The zero-order valence-corrected chi connectivity index (χ0v) is 19.1. The smallest absolute Gasteiger partial charge is 0.295 e. The van der Waals surface area contributed by atoms with Crippen LogP contribution in [0.4, 0.5) is 0 Å². The fraction of sp³-hybridized carbons (Fsp3) is 0.222. The minimum atomic E-state index is -0.759. The van der Waals surface area contributed by atoms with Gasteiger partial charge >= 0.3 is 0 Å². The van der Waals surface area contributed by atoms with E-state index in [4.69, 9.17) is 9.47 Å². The molecule has 1 aliphatic rings. The van der Waals surface area contributed by atoms with Gasteiger partial charge in [0.15, 0.2) is 0 Å². The molecule has 1 saturated heterocycles. The second-order valence-electron chi connectivity index (χ2n) is 7.93. The van der Waals surface area contributed by atoms with E-state index in [2.05, 4.69) is 4.98 Å². The molecule has 7 nitrogen and oxygen atoms in total. The molecule has 7 heteroatoms. The molecule has 0 spiro atoms. The Morgan fingerprint density at radius 2 is 1.76 bits per heavy atom. The van der Waals surface area contributed by atoms with Gasteiger partial charge in [-0.05, 0) is 53.9 Å². The Kier molecular flexibility index (Phi) is 6.92. The zero-order valence-electron chi connectivity index (χ0n) is 19.1. The van der Waals surface area contributed by atoms with Crippen molar-refractivity contribution < 1.29 is 24.2 Å². The molecule has 1 atom stereocenters. The van der Waals surface area contributed by atoms with Crippen molar-refractivity contribution in [3.8, 4) is 11.5 Å². The van der Waals surface area contributed by atoms with Gasteiger partial charge in [0.2, 0.25) is 0 Å². The van der Waals surface area contributed by atoms with E-state index in [1.807, 2.05) is 19.1 Å². The number of pyridine rings is 1. The number of Topliss-reactive ketones (excluding diaryl/α,β-unsaturated/α-hetero) is 1. The summed E-state index contributed by atoms with van der Waals surface area (Å²) in [7, 11) is 1.58. The number of aliphatic hydroxyl groups is 1. The molecule has 3 aromatic rings. The molecule has 0 saturated carbocycles. The van der Waals surface area contributed by atoms with E-state index in [0.29, 0.717) is 29.2 Å². The third kappa shape index (κ3) is 4.64. The molecule has 2 aromatic carbocycles. The van der Waals surface area contributed by atoms with Gasteiger partial charge in [-0.2, -0.15) is 0 Å². The minimum absolute atomic E-state index is 0.0392. The summed E-state index contributed by atoms with van der Waals surface area (Å²) in [6, 6.07) is 16.9. The van der Waals surface area contributed by atoms with Crippen LogP contribution in [0.3, 0.4) is 0 Å². The van der Waals surface area contributed by atoms with Crippen LogP contribution < -0.4 is 9.47 Å². The number of rotatable bonds is 8. The number of likely N-dealkylation sites (tertiary alicyclic amines) is 1. The summed E-state index contributed by atoms with van der Waals surface area (Å²) >= 11 is 0. The van der Waals surface area contributed by atoms with Gasteiger partial charge < -0.3 is 19.5 Å². The highest BCUT2D eigenvalue weighted by atomic mass is 16.5. The summed E-state index contributed by atoms with van der Waals surface area (Å²) < 4.78 is 10.9. The lowest BCUT2D eigenvalue weighted by Gasteiger charge is -2.25. The van der Waals surface area contributed by atoms with Gasteiger partial charge in [0, 0.05) is 24.5 Å². The van der Waals surface area contributed by atoms with E-state index in [1.54, 1.807) is 68.0 Å². The molecule has 2 heterocycles. The average molecular weight is 459 g/mol. The first-order valence-electron chi connectivity index (χ1n) is 11.1. The summed E-state index contributed by atoms with van der Waals surface area (Å²) in [6.07, 6.45) is 4.04. The third-order valence-electron chi connectivity index (χ3n) is 5.65. The van der Waals surface area contributed by atoms with Crippen LogP contribution in [0.2, 0.25) is 0 Å². The molecule has 4 rings (SSSR count). The Hall–Kier alpha value is -4.13. The molecule has 34 heavy (non-hydrogen) atoms. The number of hydrogen-bond donors (Lipinski definition) is 1. The SMILES string of the molecule is CCCOc1cccc(/C(O)=C2/C(=O)C(=O)N(Cc3ccc(OC)cc3)C2c2ccncc2)c1. The third-order valence-corrected chi connectivity index (χ3v) is 5.65. The number of hydrogen-bond acceptors (Lipinski definition) is 6. The molecule has 1 unspecified atom stereocenters. The molecule has 174 valence electrons. The van der Waals surface area contributed by atoms with Gasteiger partial charge in [-0.3, -0.25) is 14.6 Å². The van der Waals surface area contributed by atoms with Crippen molar-refractivity contribution in [1.82, 2.24) is 9.88 Å². The molecule has 0 radical (unpaired) electrons. The minimum Gasteiger partial charge on any atom is -0.507 e. The fourth-order valence-corrected chi connectivity index (χ4v) is 3.97. The fourth-order valence-electron chi connectivity index (χ4n) is 3.97. The standard InChI is InChI=1S/C27H26N2O5/c1-3-15-34-22-6-4-5-20(16-22)25(30)23-24(19-11-13-28-14-12-19)29(27(32)26(23)31)17-18-7-9-21(33-2)10-8-18/h4-14,16,24,30H,3,15,17H2,1-2H3/b25-23-. The maximum absolute atomic E-state index is 13.2. The van der Waals surface area contributed by atoms with Crippen molar-refractivity contribution in [3.63, 3.8) is 0 Å². The second kappa shape index (κ2) is 10.2. The van der Waals surface area contributed by atoms with E-state index >= 15 is 0 Å². The van der Waals surface area contributed by atoms with Gasteiger partial charge in [-0.25, -0.2) is 0 Å². The Morgan fingerprint density at radius 1 is 1.03 bits per heavy atom. The topological polar surface area (TPSA) is 89.0 Å². The first-order valence-corrected chi connectivity index (χ1v) is 11.1. The molecule has 1 fully saturated rings. The number of nitrogens with zero attached hydrogens (tertiary/aromatic N) is 2. The van der Waals surface area contributed by atoms with Crippen molar-refractivity contribution in [2.45, 2.75) is 25.9 Å². The zero-order chi connectivity index (χ0) is 24.1. The number of benzene rings is 2. The predicted octanol–water partition coefficient (Wildman–Crippen LogP) is 4.50. The Morgan fingerprint density at radius 3 is 2.44 bits per heavy atom. The molecule has 1 amide bonds. The highest BCUT2D eigenvalue weighted by Gasteiger charge is 2.46. The van der Waals surface area contributed by atoms with Crippen LogP contribution in [0, 0.1) is 0 Å². The van der Waals surface area contributed by atoms with E-state index in [1.165, 1.54) is 4.90 Å². The maximum atomic E-state index is 13.2. The number of aromatic nitrogens is 1. The molecular formula is C27H26N2O5. The number of amides is 1.